The number of hydrogen-bond donors (Lipinski definition) is 1. The highest BCUT2D eigenvalue weighted by molar-refractivity contribution is 7.18. The fourth-order valence-electron chi connectivity index (χ4n) is 1.24. The summed E-state index contributed by atoms with van der Waals surface area (Å²) in [5.74, 6) is -0.531. The summed E-state index contributed by atoms with van der Waals surface area (Å²) in [6.45, 7) is 0. The van der Waals surface area contributed by atoms with E-state index in [0.29, 0.717) is 5.02 Å². The number of nitro groups is 1. The average molecular weight is 318 g/mol. The molecule has 0 aliphatic heterocycles. The molecule has 0 bridgehead atoms. The SMILES string of the molecule is O=C(Nc1ncc([N+](=O)[O-])s1)c1cc(Cl)ccc1Cl. The van der Waals surface area contributed by atoms with E-state index in [2.05, 4.69) is 10.3 Å². The van der Waals surface area contributed by atoms with Gasteiger partial charge in [0.05, 0.1) is 15.5 Å². The zero-order chi connectivity index (χ0) is 14.0. The van der Waals surface area contributed by atoms with Gasteiger partial charge < -0.3 is 0 Å². The smallest absolute Gasteiger partial charge is 0.298 e. The number of carbonyl (C=O) groups is 1. The summed E-state index contributed by atoms with van der Waals surface area (Å²) in [7, 11) is 0. The summed E-state index contributed by atoms with van der Waals surface area (Å²) < 4.78 is 0. The van der Waals surface area contributed by atoms with E-state index in [0.717, 1.165) is 17.5 Å². The van der Waals surface area contributed by atoms with Crippen molar-refractivity contribution in [1.82, 2.24) is 4.98 Å². The highest BCUT2D eigenvalue weighted by atomic mass is 35.5. The highest BCUT2D eigenvalue weighted by Crippen LogP contribution is 2.27. The van der Waals surface area contributed by atoms with Crippen molar-refractivity contribution in [2.45, 2.75) is 0 Å². The summed E-state index contributed by atoms with van der Waals surface area (Å²) in [4.78, 5) is 25.5. The largest absolute Gasteiger partial charge is 0.345 e. The number of nitrogens with zero attached hydrogens (tertiary/aromatic N) is 2. The van der Waals surface area contributed by atoms with Crippen molar-refractivity contribution in [3.05, 3.63) is 50.1 Å². The first-order chi connectivity index (χ1) is 8.97. The highest BCUT2D eigenvalue weighted by Gasteiger charge is 2.16. The molecular formula is C10H5Cl2N3O3S. The van der Waals surface area contributed by atoms with Crippen LogP contribution in [0.1, 0.15) is 10.4 Å². The molecule has 19 heavy (non-hydrogen) atoms. The number of halogens is 2. The van der Waals surface area contributed by atoms with Gasteiger partial charge in [0.2, 0.25) is 0 Å². The van der Waals surface area contributed by atoms with Gasteiger partial charge in [0, 0.05) is 5.02 Å². The van der Waals surface area contributed by atoms with Crippen LogP contribution in [0.3, 0.4) is 0 Å². The molecular weight excluding hydrogens is 313 g/mol. The first-order valence-electron chi connectivity index (χ1n) is 4.84. The fraction of sp³-hybridized carbons (Fsp3) is 0. The number of amides is 1. The van der Waals surface area contributed by atoms with E-state index in [4.69, 9.17) is 23.2 Å². The number of aromatic nitrogens is 1. The minimum atomic E-state index is -0.584. The lowest BCUT2D eigenvalue weighted by molar-refractivity contribution is -0.380. The molecule has 1 aromatic carbocycles. The second-order valence-electron chi connectivity index (χ2n) is 3.34. The van der Waals surface area contributed by atoms with Crippen molar-refractivity contribution in [2.75, 3.05) is 5.32 Å². The topological polar surface area (TPSA) is 85.1 Å². The summed E-state index contributed by atoms with van der Waals surface area (Å²) in [5.41, 5.74) is 0.173. The molecule has 0 unspecified atom stereocenters. The molecule has 0 saturated heterocycles. The zero-order valence-corrected chi connectivity index (χ0v) is 11.4. The molecule has 9 heteroatoms. The molecule has 1 aromatic heterocycles. The third kappa shape index (κ3) is 3.19. The Kier molecular flexibility index (Phi) is 3.98. The molecule has 0 saturated carbocycles. The first-order valence-corrected chi connectivity index (χ1v) is 6.41. The van der Waals surface area contributed by atoms with Gasteiger partial charge in [0.25, 0.3) is 5.91 Å². The van der Waals surface area contributed by atoms with Crippen LogP contribution in [-0.2, 0) is 0 Å². The van der Waals surface area contributed by atoms with E-state index in [1.807, 2.05) is 0 Å². The van der Waals surface area contributed by atoms with Crippen LogP contribution in [0.25, 0.3) is 0 Å². The van der Waals surface area contributed by atoms with Crippen LogP contribution in [0.2, 0.25) is 10.0 Å². The quantitative estimate of drug-likeness (QED) is 0.692. The Morgan fingerprint density at radius 1 is 1.42 bits per heavy atom. The monoisotopic (exact) mass is 317 g/mol. The van der Waals surface area contributed by atoms with Crippen LogP contribution in [0, 0.1) is 10.1 Å². The lowest BCUT2D eigenvalue weighted by Crippen LogP contribution is -2.12. The van der Waals surface area contributed by atoms with Gasteiger partial charge in [-0.05, 0) is 29.5 Å². The number of hydrogen-bond acceptors (Lipinski definition) is 5. The Labute approximate surface area is 121 Å². The molecule has 1 heterocycles. The van der Waals surface area contributed by atoms with E-state index in [1.165, 1.54) is 12.1 Å². The van der Waals surface area contributed by atoms with Gasteiger partial charge in [0.15, 0.2) is 5.13 Å². The van der Waals surface area contributed by atoms with Crippen molar-refractivity contribution in [3.63, 3.8) is 0 Å². The van der Waals surface area contributed by atoms with Gasteiger partial charge >= 0.3 is 5.00 Å². The third-order valence-electron chi connectivity index (χ3n) is 2.07. The van der Waals surface area contributed by atoms with Gasteiger partial charge in [-0.3, -0.25) is 20.2 Å². The second-order valence-corrected chi connectivity index (χ2v) is 5.19. The standard InChI is InChI=1S/C10H5Cl2N3O3S/c11-5-1-2-7(12)6(3-5)9(16)14-10-13-4-8(19-10)15(17)18/h1-4H,(H,13,14,16). The van der Waals surface area contributed by atoms with E-state index < -0.39 is 10.8 Å². The van der Waals surface area contributed by atoms with Crippen molar-refractivity contribution < 1.29 is 9.72 Å². The van der Waals surface area contributed by atoms with Gasteiger partial charge in [0.1, 0.15) is 6.20 Å². The van der Waals surface area contributed by atoms with Crippen LogP contribution in [0.5, 0.6) is 0 Å². The van der Waals surface area contributed by atoms with Crippen LogP contribution in [-0.4, -0.2) is 15.8 Å². The lowest BCUT2D eigenvalue weighted by Gasteiger charge is -2.04. The van der Waals surface area contributed by atoms with Gasteiger partial charge in [-0.2, -0.15) is 0 Å². The Morgan fingerprint density at radius 3 is 2.79 bits per heavy atom. The van der Waals surface area contributed by atoms with Crippen LogP contribution >= 0.6 is 34.5 Å². The molecule has 0 fully saturated rings. The van der Waals surface area contributed by atoms with Crippen molar-refractivity contribution in [1.29, 1.82) is 0 Å². The molecule has 0 aliphatic carbocycles. The van der Waals surface area contributed by atoms with Crippen LogP contribution in [0.4, 0.5) is 10.1 Å². The average Bonchev–Trinajstić information content (AvgIpc) is 2.80. The van der Waals surface area contributed by atoms with Crippen LogP contribution in [0.15, 0.2) is 24.4 Å². The van der Waals surface area contributed by atoms with E-state index in [1.54, 1.807) is 6.07 Å². The minimum Gasteiger partial charge on any atom is -0.298 e. The fourth-order valence-corrected chi connectivity index (χ4v) is 2.25. The molecule has 0 aliphatic rings. The molecule has 0 atom stereocenters. The number of thiazole rings is 1. The second kappa shape index (κ2) is 5.52. The molecule has 1 amide bonds. The summed E-state index contributed by atoms with van der Waals surface area (Å²) in [6.07, 6.45) is 1.07. The van der Waals surface area contributed by atoms with Gasteiger partial charge in [-0.15, -0.1) is 0 Å². The van der Waals surface area contributed by atoms with Gasteiger partial charge in [-0.1, -0.05) is 23.2 Å². The number of nitrogens with one attached hydrogen (secondary N) is 1. The Hall–Kier alpha value is -1.70. The Morgan fingerprint density at radius 2 is 2.16 bits per heavy atom. The van der Waals surface area contributed by atoms with Gasteiger partial charge in [-0.25, -0.2) is 4.98 Å². The molecule has 6 nitrogen and oxygen atoms in total. The van der Waals surface area contributed by atoms with E-state index >= 15 is 0 Å². The van der Waals surface area contributed by atoms with Crippen LogP contribution < -0.4 is 5.32 Å². The van der Waals surface area contributed by atoms with Crippen molar-refractivity contribution in [3.8, 4) is 0 Å². The molecule has 98 valence electrons. The summed E-state index contributed by atoms with van der Waals surface area (Å²) in [5, 5.41) is 13.5. The maximum atomic E-state index is 11.9. The normalized spacial score (nSPS) is 10.2. The maximum absolute atomic E-state index is 11.9. The van der Waals surface area contributed by atoms with Crippen molar-refractivity contribution >= 4 is 50.6 Å². The van der Waals surface area contributed by atoms with E-state index in [-0.39, 0.29) is 20.7 Å². The number of benzene rings is 1. The Bertz CT molecular complexity index is 659. The number of carbonyl (C=O) groups excluding carboxylic acids is 1. The molecule has 2 aromatic rings. The third-order valence-corrected chi connectivity index (χ3v) is 3.50. The molecule has 0 radical (unpaired) electrons. The summed E-state index contributed by atoms with van der Waals surface area (Å²) >= 11 is 12.4. The molecule has 1 N–H and O–H groups in total. The van der Waals surface area contributed by atoms with Crippen molar-refractivity contribution in [2.24, 2.45) is 0 Å². The number of anilines is 1. The first kappa shape index (κ1) is 13.7. The molecule has 2 rings (SSSR count). The zero-order valence-electron chi connectivity index (χ0n) is 9.09. The minimum absolute atomic E-state index is 0.118. The molecule has 0 spiro atoms. The Balaban J connectivity index is 2.20. The lowest BCUT2D eigenvalue weighted by atomic mass is 10.2. The maximum Gasteiger partial charge on any atom is 0.345 e. The van der Waals surface area contributed by atoms with E-state index in [9.17, 15) is 14.9 Å². The predicted molar refractivity (Wildman–Crippen MR) is 73.2 cm³/mol. The summed E-state index contributed by atoms with van der Waals surface area (Å²) in [6, 6.07) is 4.44. The predicted octanol–water partition coefficient (Wildman–Crippen LogP) is 3.61. The number of rotatable bonds is 3.